The third kappa shape index (κ3) is 3.39. The molecule has 1 N–H and O–H groups in total. The number of thiophene rings is 1. The molecular weight excluding hydrogens is 353 g/mol. The molecule has 0 amide bonds. The molecule has 20 heavy (non-hydrogen) atoms. The second-order valence-electron chi connectivity index (χ2n) is 4.14. The van der Waals surface area contributed by atoms with Gasteiger partial charge in [-0.2, -0.15) is 24.5 Å². The third-order valence-corrected chi connectivity index (χ3v) is 4.52. The molecule has 7 heteroatoms. The Morgan fingerprint density at radius 1 is 1.35 bits per heavy atom. The second kappa shape index (κ2) is 6.24. The molecule has 0 aliphatic heterocycles. The Kier molecular flexibility index (Phi) is 4.82. The van der Waals surface area contributed by atoms with E-state index in [1.807, 2.05) is 17.7 Å². The highest BCUT2D eigenvalue weighted by molar-refractivity contribution is 9.10. The SMILES string of the molecule is CCNC(c1ccc(C(F)(F)F)cn1)c1cscc1Br. The minimum absolute atomic E-state index is 0.220. The summed E-state index contributed by atoms with van der Waals surface area (Å²) in [6.45, 7) is 2.63. The predicted molar refractivity (Wildman–Crippen MR) is 76.8 cm³/mol. The quantitative estimate of drug-likeness (QED) is 0.855. The fourth-order valence-electron chi connectivity index (χ4n) is 1.82. The molecule has 0 saturated heterocycles. The highest BCUT2D eigenvalue weighted by Crippen LogP contribution is 2.33. The minimum atomic E-state index is -4.36. The molecular formula is C13H12BrF3N2S. The van der Waals surface area contributed by atoms with Crippen LogP contribution in [0.4, 0.5) is 13.2 Å². The van der Waals surface area contributed by atoms with E-state index >= 15 is 0 Å². The maximum atomic E-state index is 12.5. The van der Waals surface area contributed by atoms with Gasteiger partial charge in [0.25, 0.3) is 0 Å². The van der Waals surface area contributed by atoms with Crippen LogP contribution in [0, 0.1) is 0 Å². The van der Waals surface area contributed by atoms with Crippen LogP contribution in [0.25, 0.3) is 0 Å². The Labute approximate surface area is 127 Å². The van der Waals surface area contributed by atoms with Crippen molar-refractivity contribution in [3.63, 3.8) is 0 Å². The maximum Gasteiger partial charge on any atom is 0.417 e. The number of aromatic nitrogens is 1. The first-order chi connectivity index (χ1) is 9.43. The topological polar surface area (TPSA) is 24.9 Å². The van der Waals surface area contributed by atoms with Crippen molar-refractivity contribution in [3.8, 4) is 0 Å². The van der Waals surface area contributed by atoms with Gasteiger partial charge in [-0.1, -0.05) is 6.92 Å². The normalized spacial score (nSPS) is 13.4. The van der Waals surface area contributed by atoms with Gasteiger partial charge in [-0.3, -0.25) is 4.98 Å². The summed E-state index contributed by atoms with van der Waals surface area (Å²) in [5.41, 5.74) is 0.809. The molecule has 0 spiro atoms. The Hall–Kier alpha value is -0.920. The van der Waals surface area contributed by atoms with Crippen LogP contribution in [0.5, 0.6) is 0 Å². The number of hydrogen-bond donors (Lipinski definition) is 1. The summed E-state index contributed by atoms with van der Waals surface area (Å²) in [7, 11) is 0. The van der Waals surface area contributed by atoms with E-state index in [9.17, 15) is 13.2 Å². The van der Waals surface area contributed by atoms with Gasteiger partial charge in [0.2, 0.25) is 0 Å². The number of nitrogens with one attached hydrogen (secondary N) is 1. The maximum absolute atomic E-state index is 12.5. The summed E-state index contributed by atoms with van der Waals surface area (Å²) in [4.78, 5) is 3.96. The molecule has 2 aromatic rings. The monoisotopic (exact) mass is 364 g/mol. The predicted octanol–water partition coefficient (Wildman–Crippen LogP) is 4.62. The lowest BCUT2D eigenvalue weighted by Crippen LogP contribution is -2.23. The number of hydrogen-bond acceptors (Lipinski definition) is 3. The van der Waals surface area contributed by atoms with Gasteiger partial charge >= 0.3 is 6.18 Å². The molecule has 1 unspecified atom stereocenters. The van der Waals surface area contributed by atoms with Crippen molar-refractivity contribution in [2.24, 2.45) is 0 Å². The molecule has 0 aliphatic rings. The van der Waals surface area contributed by atoms with E-state index in [1.165, 1.54) is 17.4 Å². The summed E-state index contributed by atoms with van der Waals surface area (Å²) < 4.78 is 38.6. The zero-order valence-electron chi connectivity index (χ0n) is 10.5. The summed E-state index contributed by atoms with van der Waals surface area (Å²) in [5.74, 6) is 0. The Morgan fingerprint density at radius 2 is 2.10 bits per heavy atom. The van der Waals surface area contributed by atoms with E-state index < -0.39 is 11.7 Å². The van der Waals surface area contributed by atoms with Gasteiger partial charge < -0.3 is 5.32 Å². The van der Waals surface area contributed by atoms with Gasteiger partial charge in [0, 0.05) is 16.0 Å². The molecule has 0 saturated carbocycles. The number of pyridine rings is 1. The Bertz CT molecular complexity index is 566. The zero-order chi connectivity index (χ0) is 14.8. The van der Waals surface area contributed by atoms with Crippen molar-refractivity contribution in [2.75, 3.05) is 6.54 Å². The molecule has 0 radical (unpaired) electrons. The molecule has 2 heterocycles. The Balaban J connectivity index is 2.33. The molecule has 0 fully saturated rings. The lowest BCUT2D eigenvalue weighted by atomic mass is 10.1. The molecule has 2 nitrogen and oxygen atoms in total. The van der Waals surface area contributed by atoms with Crippen molar-refractivity contribution in [1.82, 2.24) is 10.3 Å². The van der Waals surface area contributed by atoms with Gasteiger partial charge in [0.1, 0.15) is 0 Å². The van der Waals surface area contributed by atoms with E-state index in [0.29, 0.717) is 12.2 Å². The van der Waals surface area contributed by atoms with Gasteiger partial charge in [0.15, 0.2) is 0 Å². The Morgan fingerprint density at radius 3 is 2.55 bits per heavy atom. The zero-order valence-corrected chi connectivity index (χ0v) is 12.9. The van der Waals surface area contributed by atoms with Crippen LogP contribution in [-0.2, 0) is 6.18 Å². The fraction of sp³-hybridized carbons (Fsp3) is 0.308. The molecule has 108 valence electrons. The third-order valence-electron chi connectivity index (χ3n) is 2.77. The largest absolute Gasteiger partial charge is 0.417 e. The van der Waals surface area contributed by atoms with Crippen LogP contribution >= 0.6 is 27.3 Å². The first-order valence-corrected chi connectivity index (χ1v) is 7.65. The summed E-state index contributed by atoms with van der Waals surface area (Å²) >= 11 is 4.97. The highest BCUT2D eigenvalue weighted by Gasteiger charge is 2.31. The van der Waals surface area contributed by atoms with Crippen LogP contribution in [0.2, 0.25) is 0 Å². The van der Waals surface area contributed by atoms with E-state index in [2.05, 4.69) is 26.2 Å². The summed E-state index contributed by atoms with van der Waals surface area (Å²) in [6, 6.07) is 2.26. The van der Waals surface area contributed by atoms with E-state index in [0.717, 1.165) is 22.3 Å². The molecule has 2 rings (SSSR count). The summed E-state index contributed by atoms with van der Waals surface area (Å²) in [6.07, 6.45) is -3.48. The van der Waals surface area contributed by atoms with Crippen LogP contribution in [0.15, 0.2) is 33.6 Å². The first-order valence-electron chi connectivity index (χ1n) is 5.91. The van der Waals surface area contributed by atoms with Gasteiger partial charge in [-0.15, -0.1) is 0 Å². The average Bonchev–Trinajstić information content (AvgIpc) is 2.81. The van der Waals surface area contributed by atoms with Gasteiger partial charge in [-0.25, -0.2) is 0 Å². The minimum Gasteiger partial charge on any atom is -0.305 e. The molecule has 2 aromatic heterocycles. The van der Waals surface area contributed by atoms with Crippen LogP contribution in [-0.4, -0.2) is 11.5 Å². The van der Waals surface area contributed by atoms with Crippen LogP contribution in [0.1, 0.15) is 29.8 Å². The molecule has 0 aliphatic carbocycles. The van der Waals surface area contributed by atoms with Crippen molar-refractivity contribution in [2.45, 2.75) is 19.1 Å². The first kappa shape index (κ1) is 15.5. The van der Waals surface area contributed by atoms with Crippen LogP contribution < -0.4 is 5.32 Å². The molecule has 1 atom stereocenters. The number of rotatable bonds is 4. The van der Waals surface area contributed by atoms with Crippen molar-refractivity contribution < 1.29 is 13.2 Å². The lowest BCUT2D eigenvalue weighted by molar-refractivity contribution is -0.137. The van der Waals surface area contributed by atoms with Gasteiger partial charge in [-0.05, 0) is 45.6 Å². The molecule has 0 bridgehead atoms. The fourth-order valence-corrected chi connectivity index (χ4v) is 3.37. The second-order valence-corrected chi connectivity index (χ2v) is 5.73. The molecule has 0 aromatic carbocycles. The summed E-state index contributed by atoms with van der Waals surface area (Å²) in [5, 5.41) is 7.12. The number of alkyl halides is 3. The van der Waals surface area contributed by atoms with Crippen molar-refractivity contribution in [3.05, 3.63) is 50.4 Å². The smallest absolute Gasteiger partial charge is 0.305 e. The number of nitrogens with zero attached hydrogens (tertiary/aromatic N) is 1. The average molecular weight is 365 g/mol. The standard InChI is InChI=1S/C13H12BrF3N2S/c1-2-18-12(9-6-20-7-10(9)14)11-4-3-8(5-19-11)13(15,16)17/h3-7,12,18H,2H2,1H3. The van der Waals surface area contributed by atoms with E-state index in [-0.39, 0.29) is 6.04 Å². The van der Waals surface area contributed by atoms with Crippen molar-refractivity contribution >= 4 is 27.3 Å². The van der Waals surface area contributed by atoms with Crippen LogP contribution in [0.3, 0.4) is 0 Å². The highest BCUT2D eigenvalue weighted by atomic mass is 79.9. The van der Waals surface area contributed by atoms with Gasteiger partial charge in [0.05, 0.1) is 17.3 Å². The van der Waals surface area contributed by atoms with E-state index in [1.54, 1.807) is 0 Å². The lowest BCUT2D eigenvalue weighted by Gasteiger charge is -2.18. The van der Waals surface area contributed by atoms with E-state index in [4.69, 9.17) is 0 Å². The van der Waals surface area contributed by atoms with Crippen molar-refractivity contribution in [1.29, 1.82) is 0 Å². The number of halogens is 4.